The molecule has 0 aliphatic carbocycles. The third-order valence-corrected chi connectivity index (χ3v) is 2.95. The fourth-order valence-electron chi connectivity index (χ4n) is 1.99. The number of carbonyl (C=O) groups is 1. The first-order chi connectivity index (χ1) is 8.45. The van der Waals surface area contributed by atoms with Gasteiger partial charge in [0.15, 0.2) is 0 Å². The van der Waals surface area contributed by atoms with Crippen LogP contribution in [0.2, 0.25) is 5.02 Å². The van der Waals surface area contributed by atoms with Gasteiger partial charge in [-0.3, -0.25) is 4.79 Å². The van der Waals surface area contributed by atoms with Crippen molar-refractivity contribution < 1.29 is 9.90 Å². The van der Waals surface area contributed by atoms with Gasteiger partial charge in [-0.1, -0.05) is 23.7 Å². The third kappa shape index (κ3) is 3.77. The highest BCUT2D eigenvalue weighted by Gasteiger charge is 2.13. The molecule has 0 radical (unpaired) electrons. The summed E-state index contributed by atoms with van der Waals surface area (Å²) in [6.45, 7) is 8.66. The van der Waals surface area contributed by atoms with E-state index >= 15 is 0 Å². The predicted octanol–water partition coefficient (Wildman–Crippen LogP) is 3.42. The quantitative estimate of drug-likeness (QED) is 0.803. The molecule has 0 spiro atoms. The minimum atomic E-state index is -0.815. The van der Waals surface area contributed by atoms with Crippen LogP contribution in [0.1, 0.15) is 17.5 Å². The summed E-state index contributed by atoms with van der Waals surface area (Å²) < 4.78 is 0. The van der Waals surface area contributed by atoms with Gasteiger partial charge in [0, 0.05) is 13.1 Å². The summed E-state index contributed by atoms with van der Waals surface area (Å²) in [6.07, 6.45) is 1.83. The number of benzene rings is 1. The third-order valence-electron chi connectivity index (χ3n) is 2.66. The molecule has 0 unspecified atom stereocenters. The Kier molecular flexibility index (Phi) is 5.23. The van der Waals surface area contributed by atoms with E-state index in [1.165, 1.54) is 0 Å². The van der Waals surface area contributed by atoms with E-state index in [2.05, 4.69) is 6.58 Å². The average Bonchev–Trinajstić information content (AvgIpc) is 2.24. The zero-order chi connectivity index (χ0) is 13.7. The van der Waals surface area contributed by atoms with Crippen LogP contribution in [0.15, 0.2) is 24.8 Å². The average molecular weight is 268 g/mol. The Hall–Kier alpha value is -1.48. The standard InChI is InChI=1S/C14H18ClNO2/c1-4-6-16(7-5-13(17)18)14-11(3)8-10(2)9-12(14)15/h4,8-9H,1,5-7H2,2-3H3,(H,17,18). The number of rotatable bonds is 6. The summed E-state index contributed by atoms with van der Waals surface area (Å²) in [5, 5.41) is 9.43. The van der Waals surface area contributed by atoms with Crippen molar-refractivity contribution in [2.24, 2.45) is 0 Å². The molecule has 3 nitrogen and oxygen atoms in total. The van der Waals surface area contributed by atoms with Gasteiger partial charge in [0.05, 0.1) is 17.1 Å². The molecule has 0 saturated heterocycles. The van der Waals surface area contributed by atoms with Gasteiger partial charge in [-0.2, -0.15) is 0 Å². The van der Waals surface area contributed by atoms with Crippen molar-refractivity contribution in [3.8, 4) is 0 Å². The van der Waals surface area contributed by atoms with Crippen LogP contribution in [-0.2, 0) is 4.79 Å². The maximum absolute atomic E-state index is 10.7. The number of halogens is 1. The van der Waals surface area contributed by atoms with Crippen molar-refractivity contribution in [1.82, 2.24) is 0 Å². The molecule has 1 aromatic rings. The van der Waals surface area contributed by atoms with Crippen LogP contribution in [-0.4, -0.2) is 24.2 Å². The molecule has 98 valence electrons. The minimum Gasteiger partial charge on any atom is -0.481 e. The molecule has 0 aromatic heterocycles. The molecule has 1 N–H and O–H groups in total. The summed E-state index contributed by atoms with van der Waals surface area (Å²) in [5.74, 6) is -0.815. The molecular weight excluding hydrogens is 250 g/mol. The second-order valence-corrected chi connectivity index (χ2v) is 4.70. The highest BCUT2D eigenvalue weighted by Crippen LogP contribution is 2.31. The molecular formula is C14H18ClNO2. The number of aliphatic carboxylic acids is 1. The highest BCUT2D eigenvalue weighted by molar-refractivity contribution is 6.33. The van der Waals surface area contributed by atoms with Crippen LogP contribution in [0.3, 0.4) is 0 Å². The van der Waals surface area contributed by atoms with Gasteiger partial charge < -0.3 is 10.0 Å². The molecule has 0 aliphatic rings. The molecule has 0 heterocycles. The van der Waals surface area contributed by atoms with Gasteiger partial charge in [0.2, 0.25) is 0 Å². The lowest BCUT2D eigenvalue weighted by Gasteiger charge is -2.26. The van der Waals surface area contributed by atoms with Crippen molar-refractivity contribution in [2.45, 2.75) is 20.3 Å². The van der Waals surface area contributed by atoms with Crippen molar-refractivity contribution >= 4 is 23.3 Å². The summed E-state index contributed by atoms with van der Waals surface area (Å²) in [6, 6.07) is 3.93. The molecule has 4 heteroatoms. The molecule has 1 aromatic carbocycles. The SMILES string of the molecule is C=CCN(CCC(=O)O)c1c(C)cc(C)cc1Cl. The Morgan fingerprint density at radius 3 is 2.67 bits per heavy atom. The lowest BCUT2D eigenvalue weighted by molar-refractivity contribution is -0.136. The van der Waals surface area contributed by atoms with Crippen LogP contribution in [0.25, 0.3) is 0 Å². The molecule has 18 heavy (non-hydrogen) atoms. The molecule has 0 saturated carbocycles. The fraction of sp³-hybridized carbons (Fsp3) is 0.357. The van der Waals surface area contributed by atoms with Gasteiger partial charge in [0.25, 0.3) is 0 Å². The van der Waals surface area contributed by atoms with Crippen molar-refractivity contribution in [2.75, 3.05) is 18.0 Å². The van der Waals surface area contributed by atoms with E-state index in [9.17, 15) is 4.79 Å². The van der Waals surface area contributed by atoms with Crippen LogP contribution < -0.4 is 4.90 Å². The number of nitrogens with zero attached hydrogens (tertiary/aromatic N) is 1. The molecule has 0 amide bonds. The Balaban J connectivity index is 3.04. The van der Waals surface area contributed by atoms with Crippen LogP contribution in [0, 0.1) is 13.8 Å². The summed E-state index contributed by atoms with van der Waals surface area (Å²) in [4.78, 5) is 12.6. The highest BCUT2D eigenvalue weighted by atomic mass is 35.5. The molecule has 0 aliphatic heterocycles. The number of anilines is 1. The van der Waals surface area contributed by atoms with Crippen LogP contribution in [0.5, 0.6) is 0 Å². The van der Waals surface area contributed by atoms with E-state index in [1.807, 2.05) is 30.9 Å². The second kappa shape index (κ2) is 6.45. The minimum absolute atomic E-state index is 0.0808. The Morgan fingerprint density at radius 1 is 1.50 bits per heavy atom. The summed E-state index contributed by atoms with van der Waals surface area (Å²) >= 11 is 6.26. The number of carboxylic acids is 1. The normalized spacial score (nSPS) is 10.2. The number of hydrogen-bond donors (Lipinski definition) is 1. The zero-order valence-corrected chi connectivity index (χ0v) is 11.5. The predicted molar refractivity (Wildman–Crippen MR) is 75.6 cm³/mol. The van der Waals surface area contributed by atoms with E-state index in [0.717, 1.165) is 16.8 Å². The van der Waals surface area contributed by atoms with Crippen molar-refractivity contribution in [3.63, 3.8) is 0 Å². The smallest absolute Gasteiger partial charge is 0.305 e. The van der Waals surface area contributed by atoms with Crippen LogP contribution in [0.4, 0.5) is 5.69 Å². The molecule has 0 fully saturated rings. The lowest BCUT2D eigenvalue weighted by Crippen LogP contribution is -2.27. The van der Waals surface area contributed by atoms with Gasteiger partial charge in [-0.15, -0.1) is 6.58 Å². The first kappa shape index (κ1) is 14.6. The topological polar surface area (TPSA) is 40.5 Å². The van der Waals surface area contributed by atoms with Gasteiger partial charge in [-0.05, 0) is 31.0 Å². The van der Waals surface area contributed by atoms with Gasteiger partial charge >= 0.3 is 5.97 Å². The van der Waals surface area contributed by atoms with Crippen molar-refractivity contribution in [3.05, 3.63) is 40.9 Å². The molecule has 0 bridgehead atoms. The van der Waals surface area contributed by atoms with E-state index < -0.39 is 5.97 Å². The van der Waals surface area contributed by atoms with Crippen molar-refractivity contribution in [1.29, 1.82) is 0 Å². The van der Waals surface area contributed by atoms with E-state index in [4.69, 9.17) is 16.7 Å². The maximum atomic E-state index is 10.7. The Morgan fingerprint density at radius 2 is 2.17 bits per heavy atom. The van der Waals surface area contributed by atoms with Gasteiger partial charge in [0.1, 0.15) is 0 Å². The first-order valence-electron chi connectivity index (χ1n) is 5.80. The first-order valence-corrected chi connectivity index (χ1v) is 6.18. The number of aryl methyl sites for hydroxylation is 2. The second-order valence-electron chi connectivity index (χ2n) is 4.29. The van der Waals surface area contributed by atoms with Gasteiger partial charge in [-0.25, -0.2) is 0 Å². The Labute approximate surface area is 113 Å². The van der Waals surface area contributed by atoms with E-state index in [-0.39, 0.29) is 6.42 Å². The Bertz CT molecular complexity index is 434. The summed E-state index contributed by atoms with van der Waals surface area (Å²) in [7, 11) is 0. The largest absolute Gasteiger partial charge is 0.481 e. The van der Waals surface area contributed by atoms with E-state index in [1.54, 1.807) is 6.08 Å². The lowest BCUT2D eigenvalue weighted by atomic mass is 10.1. The number of carboxylic acid groups (broad SMARTS) is 1. The van der Waals surface area contributed by atoms with E-state index in [0.29, 0.717) is 18.1 Å². The number of hydrogen-bond acceptors (Lipinski definition) is 2. The molecule has 1 rings (SSSR count). The zero-order valence-electron chi connectivity index (χ0n) is 10.7. The molecule has 0 atom stereocenters. The van der Waals surface area contributed by atoms with Crippen LogP contribution >= 0.6 is 11.6 Å². The maximum Gasteiger partial charge on any atom is 0.305 e. The monoisotopic (exact) mass is 267 g/mol. The fourth-order valence-corrected chi connectivity index (χ4v) is 2.43. The summed E-state index contributed by atoms with van der Waals surface area (Å²) in [5.41, 5.74) is 3.04.